The minimum absolute atomic E-state index is 0.00730. The van der Waals surface area contributed by atoms with Crippen molar-refractivity contribution < 1.29 is 14.2 Å². The number of pyridine rings is 1. The van der Waals surface area contributed by atoms with E-state index in [0.29, 0.717) is 31.5 Å². The quantitative estimate of drug-likeness (QED) is 0.311. The Morgan fingerprint density at radius 3 is 2.60 bits per heavy atom. The summed E-state index contributed by atoms with van der Waals surface area (Å²) < 4.78 is 18.1. The van der Waals surface area contributed by atoms with Crippen molar-refractivity contribution in [3.05, 3.63) is 83.9 Å². The number of anilines is 3. The van der Waals surface area contributed by atoms with Gasteiger partial charge in [-0.15, -0.1) is 0 Å². The van der Waals surface area contributed by atoms with Crippen molar-refractivity contribution in [1.29, 1.82) is 0 Å². The second-order valence-electron chi connectivity index (χ2n) is 10.9. The molecule has 2 aromatic heterocycles. The van der Waals surface area contributed by atoms with Gasteiger partial charge in [-0.05, 0) is 68.5 Å². The van der Waals surface area contributed by atoms with Crippen molar-refractivity contribution in [2.45, 2.75) is 50.9 Å². The fourth-order valence-electron chi connectivity index (χ4n) is 5.41. The number of ether oxygens (including phenoxy) is 3. The third kappa shape index (κ3) is 5.19. The van der Waals surface area contributed by atoms with E-state index in [9.17, 15) is 0 Å². The fraction of sp³-hybridized carbons (Fsp3) is 0.344. The zero-order chi connectivity index (χ0) is 26.9. The van der Waals surface area contributed by atoms with Gasteiger partial charge >= 0.3 is 0 Å². The minimum Gasteiger partial charge on any atom is -0.473 e. The normalized spacial score (nSPS) is 19.0. The SMILES string of the molecule is CC1COCCN1c1nc(-c2ccc(Nc3cccc(OCc4ccccc4)n3)cc2)nc2c1CCC1(CC1)O2. The first-order chi connectivity index (χ1) is 19.6. The Labute approximate surface area is 234 Å². The molecule has 40 heavy (non-hydrogen) atoms. The van der Waals surface area contributed by atoms with Gasteiger partial charge in [-0.2, -0.15) is 9.97 Å². The molecule has 4 heterocycles. The molecule has 2 aromatic carbocycles. The number of benzene rings is 2. The summed E-state index contributed by atoms with van der Waals surface area (Å²) in [7, 11) is 0. The summed E-state index contributed by atoms with van der Waals surface area (Å²) in [6.45, 7) is 4.89. The van der Waals surface area contributed by atoms with Gasteiger partial charge in [-0.1, -0.05) is 36.4 Å². The second-order valence-corrected chi connectivity index (χ2v) is 10.9. The molecule has 2 fully saturated rings. The zero-order valence-corrected chi connectivity index (χ0v) is 22.7. The van der Waals surface area contributed by atoms with Crippen LogP contribution in [0.2, 0.25) is 0 Å². The Morgan fingerprint density at radius 1 is 0.950 bits per heavy atom. The van der Waals surface area contributed by atoms with E-state index in [1.165, 1.54) is 0 Å². The molecule has 3 aliphatic rings. The molecular weight excluding hydrogens is 502 g/mol. The molecule has 8 nitrogen and oxygen atoms in total. The van der Waals surface area contributed by atoms with Crippen LogP contribution in [0.1, 0.15) is 37.3 Å². The number of nitrogens with zero attached hydrogens (tertiary/aromatic N) is 4. The molecule has 1 saturated heterocycles. The number of hydrogen-bond donors (Lipinski definition) is 1. The maximum Gasteiger partial charge on any atom is 0.222 e. The highest BCUT2D eigenvalue weighted by Crippen LogP contribution is 2.49. The van der Waals surface area contributed by atoms with Crippen LogP contribution >= 0.6 is 0 Å². The molecule has 1 spiro atoms. The lowest BCUT2D eigenvalue weighted by atomic mass is 10.0. The Kier molecular flexibility index (Phi) is 6.48. The Hall–Kier alpha value is -4.17. The first-order valence-corrected chi connectivity index (χ1v) is 14.1. The highest BCUT2D eigenvalue weighted by atomic mass is 16.5. The molecular formula is C32H33N5O3. The smallest absolute Gasteiger partial charge is 0.222 e. The lowest BCUT2D eigenvalue weighted by molar-refractivity contribution is 0.0978. The number of aromatic nitrogens is 3. The molecule has 1 atom stereocenters. The van der Waals surface area contributed by atoms with Gasteiger partial charge in [-0.3, -0.25) is 0 Å². The van der Waals surface area contributed by atoms with Crippen LogP contribution in [-0.2, 0) is 17.8 Å². The molecule has 0 bridgehead atoms. The lowest BCUT2D eigenvalue weighted by Crippen LogP contribution is -2.45. The number of hydrogen-bond acceptors (Lipinski definition) is 8. The summed E-state index contributed by atoms with van der Waals surface area (Å²) in [4.78, 5) is 17.0. The van der Waals surface area contributed by atoms with E-state index in [0.717, 1.165) is 72.1 Å². The van der Waals surface area contributed by atoms with Crippen LogP contribution in [-0.4, -0.2) is 46.4 Å². The van der Waals surface area contributed by atoms with Crippen LogP contribution in [0.3, 0.4) is 0 Å². The Balaban J connectivity index is 1.11. The summed E-state index contributed by atoms with van der Waals surface area (Å²) in [5.74, 6) is 3.72. The minimum atomic E-state index is -0.00730. The molecule has 204 valence electrons. The van der Waals surface area contributed by atoms with Gasteiger partial charge < -0.3 is 24.4 Å². The summed E-state index contributed by atoms with van der Waals surface area (Å²) in [6, 6.07) is 24.2. The van der Waals surface area contributed by atoms with Crippen molar-refractivity contribution in [1.82, 2.24) is 15.0 Å². The van der Waals surface area contributed by atoms with Crippen LogP contribution < -0.4 is 19.7 Å². The van der Waals surface area contributed by atoms with Crippen molar-refractivity contribution in [3.8, 4) is 23.1 Å². The Morgan fingerprint density at radius 2 is 1.80 bits per heavy atom. The van der Waals surface area contributed by atoms with Crippen LogP contribution in [0, 0.1) is 0 Å². The molecule has 1 unspecified atom stereocenters. The fourth-order valence-corrected chi connectivity index (χ4v) is 5.41. The van der Waals surface area contributed by atoms with E-state index in [1.807, 2.05) is 72.8 Å². The molecule has 4 aromatic rings. The third-order valence-corrected chi connectivity index (χ3v) is 7.91. The topological polar surface area (TPSA) is 81.6 Å². The number of nitrogens with one attached hydrogen (secondary N) is 1. The molecule has 2 aliphatic heterocycles. The highest BCUT2D eigenvalue weighted by Gasteiger charge is 2.49. The van der Waals surface area contributed by atoms with E-state index in [1.54, 1.807) is 0 Å². The molecule has 0 radical (unpaired) electrons. The lowest BCUT2D eigenvalue weighted by Gasteiger charge is -2.37. The zero-order valence-electron chi connectivity index (χ0n) is 22.7. The van der Waals surface area contributed by atoms with Crippen LogP contribution in [0.5, 0.6) is 11.8 Å². The largest absolute Gasteiger partial charge is 0.473 e. The molecule has 7 rings (SSSR count). The molecule has 1 saturated carbocycles. The predicted molar refractivity (Wildman–Crippen MR) is 154 cm³/mol. The maximum absolute atomic E-state index is 6.48. The average Bonchev–Trinajstić information content (AvgIpc) is 3.75. The second kappa shape index (κ2) is 10.4. The van der Waals surface area contributed by atoms with Gasteiger partial charge in [0.15, 0.2) is 5.82 Å². The summed E-state index contributed by atoms with van der Waals surface area (Å²) in [5.41, 5.74) is 4.10. The van der Waals surface area contributed by atoms with Crippen LogP contribution in [0.4, 0.5) is 17.3 Å². The van der Waals surface area contributed by atoms with E-state index >= 15 is 0 Å². The standard InChI is InChI=1S/C32H33N5O3/c1-22-20-38-19-18-37(22)30-26-14-15-32(16-17-32)40-31(26)36-29(35-30)24-10-12-25(13-11-24)33-27-8-5-9-28(34-27)39-21-23-6-3-2-4-7-23/h2-13,22H,14-21H2,1H3,(H,33,34). The molecule has 8 heteroatoms. The van der Waals surface area contributed by atoms with Crippen molar-refractivity contribution in [2.24, 2.45) is 0 Å². The monoisotopic (exact) mass is 535 g/mol. The Bertz CT molecular complexity index is 1490. The average molecular weight is 536 g/mol. The van der Waals surface area contributed by atoms with E-state index in [2.05, 4.69) is 22.1 Å². The summed E-state index contributed by atoms with van der Waals surface area (Å²) in [6.07, 6.45) is 4.23. The number of rotatable bonds is 7. The highest BCUT2D eigenvalue weighted by molar-refractivity contribution is 5.67. The third-order valence-electron chi connectivity index (χ3n) is 7.91. The van der Waals surface area contributed by atoms with Crippen molar-refractivity contribution in [2.75, 3.05) is 30.0 Å². The summed E-state index contributed by atoms with van der Waals surface area (Å²) >= 11 is 0. The van der Waals surface area contributed by atoms with Gasteiger partial charge in [0, 0.05) is 23.9 Å². The van der Waals surface area contributed by atoms with Gasteiger partial charge in [0.25, 0.3) is 0 Å². The predicted octanol–water partition coefficient (Wildman–Crippen LogP) is 5.94. The van der Waals surface area contributed by atoms with Gasteiger partial charge in [0.1, 0.15) is 23.8 Å². The van der Waals surface area contributed by atoms with E-state index < -0.39 is 0 Å². The van der Waals surface area contributed by atoms with E-state index in [-0.39, 0.29) is 11.6 Å². The summed E-state index contributed by atoms with van der Waals surface area (Å²) in [5, 5.41) is 3.38. The van der Waals surface area contributed by atoms with Crippen LogP contribution in [0.25, 0.3) is 11.4 Å². The molecule has 1 aliphatic carbocycles. The molecule has 0 amide bonds. The maximum atomic E-state index is 6.48. The first-order valence-electron chi connectivity index (χ1n) is 14.1. The van der Waals surface area contributed by atoms with Gasteiger partial charge in [0.05, 0.1) is 24.8 Å². The van der Waals surface area contributed by atoms with Crippen molar-refractivity contribution >= 4 is 17.3 Å². The van der Waals surface area contributed by atoms with E-state index in [4.69, 9.17) is 24.2 Å². The number of morpholine rings is 1. The van der Waals surface area contributed by atoms with Crippen molar-refractivity contribution in [3.63, 3.8) is 0 Å². The molecule has 1 N–H and O–H groups in total. The van der Waals surface area contributed by atoms with Gasteiger partial charge in [-0.25, -0.2) is 4.98 Å². The van der Waals surface area contributed by atoms with Gasteiger partial charge in [0.2, 0.25) is 11.8 Å². The van der Waals surface area contributed by atoms with Crippen LogP contribution in [0.15, 0.2) is 72.8 Å². The number of fused-ring (bicyclic) bond motifs is 1. The first kappa shape index (κ1) is 24.8.